The van der Waals surface area contributed by atoms with Gasteiger partial charge in [0.1, 0.15) is 5.82 Å². The molecule has 0 aliphatic carbocycles. The second-order valence-electron chi connectivity index (χ2n) is 4.21. The van der Waals surface area contributed by atoms with Crippen LogP contribution in [0.25, 0.3) is 0 Å². The summed E-state index contributed by atoms with van der Waals surface area (Å²) in [7, 11) is 0. The van der Waals surface area contributed by atoms with Crippen molar-refractivity contribution in [2.24, 2.45) is 5.73 Å². The molecular formula is C14H11Br2ClFN. The van der Waals surface area contributed by atoms with Gasteiger partial charge in [-0.15, -0.1) is 0 Å². The van der Waals surface area contributed by atoms with Crippen LogP contribution in [-0.2, 0) is 6.42 Å². The summed E-state index contributed by atoms with van der Waals surface area (Å²) in [6, 6.07) is 9.91. The Morgan fingerprint density at radius 2 is 1.84 bits per heavy atom. The van der Waals surface area contributed by atoms with Gasteiger partial charge in [0, 0.05) is 20.0 Å². The lowest BCUT2D eigenvalue weighted by Gasteiger charge is -2.15. The van der Waals surface area contributed by atoms with Gasteiger partial charge < -0.3 is 5.73 Å². The van der Waals surface area contributed by atoms with E-state index in [0.717, 1.165) is 20.1 Å². The first-order valence-electron chi connectivity index (χ1n) is 5.62. The van der Waals surface area contributed by atoms with Crippen LogP contribution in [0.15, 0.2) is 45.3 Å². The average molecular weight is 408 g/mol. The van der Waals surface area contributed by atoms with Crippen molar-refractivity contribution in [3.8, 4) is 0 Å². The van der Waals surface area contributed by atoms with Crippen LogP contribution < -0.4 is 5.73 Å². The van der Waals surface area contributed by atoms with Crippen molar-refractivity contribution in [1.29, 1.82) is 0 Å². The maximum atomic E-state index is 13.0. The van der Waals surface area contributed by atoms with Crippen molar-refractivity contribution in [2.75, 3.05) is 0 Å². The lowest BCUT2D eigenvalue weighted by Crippen LogP contribution is -2.14. The molecule has 100 valence electrons. The van der Waals surface area contributed by atoms with E-state index in [9.17, 15) is 4.39 Å². The number of benzene rings is 2. The highest BCUT2D eigenvalue weighted by molar-refractivity contribution is 9.10. The summed E-state index contributed by atoms with van der Waals surface area (Å²) in [6.07, 6.45) is 0.597. The molecule has 0 saturated heterocycles. The van der Waals surface area contributed by atoms with Gasteiger partial charge in [0.15, 0.2) is 0 Å². The van der Waals surface area contributed by atoms with Crippen LogP contribution in [0.3, 0.4) is 0 Å². The SMILES string of the molecule is NC(Cc1ccc(F)cc1Br)c1cc(Cl)ccc1Br. The van der Waals surface area contributed by atoms with Crippen LogP contribution in [0.5, 0.6) is 0 Å². The van der Waals surface area contributed by atoms with E-state index in [0.29, 0.717) is 11.4 Å². The molecule has 0 spiro atoms. The van der Waals surface area contributed by atoms with Crippen molar-refractivity contribution >= 4 is 43.5 Å². The molecule has 0 amide bonds. The molecule has 0 aromatic heterocycles. The van der Waals surface area contributed by atoms with Crippen molar-refractivity contribution in [1.82, 2.24) is 0 Å². The highest BCUT2D eigenvalue weighted by Crippen LogP contribution is 2.29. The zero-order valence-corrected chi connectivity index (χ0v) is 13.8. The molecule has 0 heterocycles. The first kappa shape index (κ1) is 15.0. The van der Waals surface area contributed by atoms with Crippen LogP contribution in [0, 0.1) is 5.82 Å². The van der Waals surface area contributed by atoms with E-state index < -0.39 is 0 Å². The summed E-state index contributed by atoms with van der Waals surface area (Å²) in [5.41, 5.74) is 8.09. The predicted molar refractivity (Wildman–Crippen MR) is 83.9 cm³/mol. The number of hydrogen-bond donors (Lipinski definition) is 1. The van der Waals surface area contributed by atoms with Gasteiger partial charge in [0.2, 0.25) is 0 Å². The Balaban J connectivity index is 2.25. The Kier molecular flexibility index (Phi) is 5.01. The van der Waals surface area contributed by atoms with Gasteiger partial charge in [-0.05, 0) is 47.9 Å². The minimum Gasteiger partial charge on any atom is -0.324 e. The zero-order valence-electron chi connectivity index (χ0n) is 9.84. The highest BCUT2D eigenvalue weighted by Gasteiger charge is 2.13. The summed E-state index contributed by atoms with van der Waals surface area (Å²) in [6.45, 7) is 0. The summed E-state index contributed by atoms with van der Waals surface area (Å²) in [5.74, 6) is -0.270. The summed E-state index contributed by atoms with van der Waals surface area (Å²) < 4.78 is 14.7. The van der Waals surface area contributed by atoms with E-state index in [-0.39, 0.29) is 11.9 Å². The first-order chi connectivity index (χ1) is 8.97. The van der Waals surface area contributed by atoms with E-state index in [2.05, 4.69) is 31.9 Å². The van der Waals surface area contributed by atoms with Gasteiger partial charge in [-0.2, -0.15) is 0 Å². The molecule has 0 bridgehead atoms. The lowest BCUT2D eigenvalue weighted by atomic mass is 10.00. The third-order valence-electron chi connectivity index (χ3n) is 2.81. The lowest BCUT2D eigenvalue weighted by molar-refractivity contribution is 0.624. The molecule has 1 unspecified atom stereocenters. The van der Waals surface area contributed by atoms with Gasteiger partial charge >= 0.3 is 0 Å². The monoisotopic (exact) mass is 405 g/mol. The Hall–Kier alpha value is -0.420. The molecule has 2 rings (SSSR count). The second-order valence-corrected chi connectivity index (χ2v) is 6.36. The fourth-order valence-corrected chi connectivity index (χ4v) is 3.07. The zero-order chi connectivity index (χ0) is 14.0. The molecule has 19 heavy (non-hydrogen) atoms. The Morgan fingerprint density at radius 3 is 2.53 bits per heavy atom. The van der Waals surface area contributed by atoms with Crippen molar-refractivity contribution < 1.29 is 4.39 Å². The van der Waals surface area contributed by atoms with Gasteiger partial charge in [-0.3, -0.25) is 0 Å². The average Bonchev–Trinajstić information content (AvgIpc) is 2.35. The van der Waals surface area contributed by atoms with E-state index in [1.54, 1.807) is 12.1 Å². The second kappa shape index (κ2) is 6.35. The van der Waals surface area contributed by atoms with E-state index in [1.165, 1.54) is 12.1 Å². The first-order valence-corrected chi connectivity index (χ1v) is 7.58. The van der Waals surface area contributed by atoms with Crippen LogP contribution in [0.1, 0.15) is 17.2 Å². The highest BCUT2D eigenvalue weighted by atomic mass is 79.9. The molecule has 1 nitrogen and oxygen atoms in total. The van der Waals surface area contributed by atoms with Crippen LogP contribution in [-0.4, -0.2) is 0 Å². The van der Waals surface area contributed by atoms with E-state index in [1.807, 2.05) is 12.1 Å². The fourth-order valence-electron chi connectivity index (χ4n) is 1.83. The Labute approximate surface area is 133 Å². The number of halogens is 4. The summed E-state index contributed by atoms with van der Waals surface area (Å²) in [5, 5.41) is 0.645. The van der Waals surface area contributed by atoms with E-state index in [4.69, 9.17) is 17.3 Å². The van der Waals surface area contributed by atoms with Crippen molar-refractivity contribution in [3.63, 3.8) is 0 Å². The Morgan fingerprint density at radius 1 is 1.11 bits per heavy atom. The number of hydrogen-bond acceptors (Lipinski definition) is 1. The minimum absolute atomic E-state index is 0.213. The van der Waals surface area contributed by atoms with Gasteiger partial charge in [0.25, 0.3) is 0 Å². The fraction of sp³-hybridized carbons (Fsp3) is 0.143. The topological polar surface area (TPSA) is 26.0 Å². The van der Waals surface area contributed by atoms with Gasteiger partial charge in [0.05, 0.1) is 0 Å². The normalized spacial score (nSPS) is 12.5. The number of nitrogens with two attached hydrogens (primary N) is 1. The smallest absolute Gasteiger partial charge is 0.124 e. The largest absolute Gasteiger partial charge is 0.324 e. The third-order valence-corrected chi connectivity index (χ3v) is 4.51. The number of rotatable bonds is 3. The standard InChI is InChI=1S/C14H11Br2ClFN/c15-12-4-2-9(17)6-11(12)14(19)5-8-1-3-10(18)7-13(8)16/h1-4,6-7,14H,5,19H2. The molecule has 0 aliphatic rings. The molecule has 0 fully saturated rings. The molecule has 5 heteroatoms. The molecule has 1 atom stereocenters. The molecule has 0 saturated carbocycles. The minimum atomic E-state index is -0.270. The quantitative estimate of drug-likeness (QED) is 0.739. The molecule has 2 N–H and O–H groups in total. The van der Waals surface area contributed by atoms with Crippen molar-refractivity contribution in [3.05, 3.63) is 67.3 Å². The molecule has 2 aromatic carbocycles. The third kappa shape index (κ3) is 3.78. The molecule has 2 aromatic rings. The maximum Gasteiger partial charge on any atom is 0.124 e. The van der Waals surface area contributed by atoms with Crippen molar-refractivity contribution in [2.45, 2.75) is 12.5 Å². The predicted octanol–water partition coefficient (Wildman–Crippen LogP) is 5.25. The molecular weight excluding hydrogens is 396 g/mol. The van der Waals surface area contributed by atoms with Crippen LogP contribution in [0.2, 0.25) is 5.02 Å². The molecule has 0 aliphatic heterocycles. The van der Waals surface area contributed by atoms with E-state index >= 15 is 0 Å². The van der Waals surface area contributed by atoms with Gasteiger partial charge in [-0.25, -0.2) is 4.39 Å². The maximum absolute atomic E-state index is 13.0. The summed E-state index contributed by atoms with van der Waals surface area (Å²) in [4.78, 5) is 0. The molecule has 0 radical (unpaired) electrons. The van der Waals surface area contributed by atoms with Crippen LogP contribution >= 0.6 is 43.5 Å². The summed E-state index contributed by atoms with van der Waals surface area (Å²) >= 11 is 12.8. The Bertz CT molecular complexity index is 604. The van der Waals surface area contributed by atoms with Gasteiger partial charge in [-0.1, -0.05) is 49.5 Å². The van der Waals surface area contributed by atoms with Crippen LogP contribution in [0.4, 0.5) is 4.39 Å².